The number of rotatable bonds is 5. The zero-order valence-electron chi connectivity index (χ0n) is 9.11. The summed E-state index contributed by atoms with van der Waals surface area (Å²) < 4.78 is 10.3. The van der Waals surface area contributed by atoms with Gasteiger partial charge in [0.1, 0.15) is 0 Å². The number of morpholine rings is 1. The zero-order chi connectivity index (χ0) is 10.4. The first-order valence-electron chi connectivity index (χ1n) is 5.26. The van der Waals surface area contributed by atoms with E-state index in [9.17, 15) is 5.11 Å². The summed E-state index contributed by atoms with van der Waals surface area (Å²) in [7, 11) is 1.61. The van der Waals surface area contributed by atoms with Crippen LogP contribution in [-0.4, -0.2) is 62.2 Å². The Morgan fingerprint density at radius 3 is 3.07 bits per heavy atom. The number of nitrogens with zero attached hydrogens (tertiary/aromatic N) is 1. The van der Waals surface area contributed by atoms with Gasteiger partial charge in [0, 0.05) is 26.2 Å². The second-order valence-electron chi connectivity index (χ2n) is 3.74. The minimum Gasteiger partial charge on any atom is -0.389 e. The van der Waals surface area contributed by atoms with Crippen LogP contribution >= 0.6 is 0 Å². The normalized spacial score (nSPS) is 26.4. The Morgan fingerprint density at radius 1 is 1.64 bits per heavy atom. The van der Waals surface area contributed by atoms with E-state index in [0.717, 1.165) is 26.2 Å². The molecule has 1 aliphatic rings. The largest absolute Gasteiger partial charge is 0.389 e. The van der Waals surface area contributed by atoms with Crippen LogP contribution in [0.5, 0.6) is 0 Å². The van der Waals surface area contributed by atoms with Gasteiger partial charge in [-0.05, 0) is 6.42 Å². The zero-order valence-corrected chi connectivity index (χ0v) is 9.11. The molecule has 1 heterocycles. The molecule has 14 heavy (non-hydrogen) atoms. The number of aliphatic hydroxyl groups is 1. The highest BCUT2D eigenvalue weighted by Crippen LogP contribution is 2.10. The van der Waals surface area contributed by atoms with E-state index in [1.807, 2.05) is 0 Å². The molecule has 84 valence electrons. The van der Waals surface area contributed by atoms with Crippen LogP contribution in [0, 0.1) is 0 Å². The molecule has 1 fully saturated rings. The highest BCUT2D eigenvalue weighted by Gasteiger charge is 2.23. The van der Waals surface area contributed by atoms with Crippen molar-refractivity contribution in [1.29, 1.82) is 0 Å². The molecule has 0 aromatic heterocycles. The highest BCUT2D eigenvalue weighted by atomic mass is 16.5. The van der Waals surface area contributed by atoms with Crippen LogP contribution in [0.2, 0.25) is 0 Å². The van der Waals surface area contributed by atoms with Gasteiger partial charge in [0.15, 0.2) is 0 Å². The van der Waals surface area contributed by atoms with Gasteiger partial charge >= 0.3 is 0 Å². The van der Waals surface area contributed by atoms with Gasteiger partial charge < -0.3 is 14.6 Å². The van der Waals surface area contributed by atoms with E-state index in [4.69, 9.17) is 9.47 Å². The number of hydrogen-bond donors (Lipinski definition) is 1. The Kier molecular flexibility index (Phi) is 5.40. The third-order valence-electron chi connectivity index (χ3n) is 2.63. The Morgan fingerprint density at radius 2 is 2.43 bits per heavy atom. The van der Waals surface area contributed by atoms with Gasteiger partial charge in [-0.15, -0.1) is 0 Å². The standard InChI is InChI=1S/C10H21NO3/c1-3-9-7-14-5-4-11(9)6-10(12)8-13-2/h9-10,12H,3-8H2,1-2H3. The molecule has 0 aromatic rings. The summed E-state index contributed by atoms with van der Waals surface area (Å²) >= 11 is 0. The fraction of sp³-hybridized carbons (Fsp3) is 1.00. The van der Waals surface area contributed by atoms with E-state index >= 15 is 0 Å². The summed E-state index contributed by atoms with van der Waals surface area (Å²) in [5.41, 5.74) is 0. The molecular formula is C10H21NO3. The van der Waals surface area contributed by atoms with Crippen LogP contribution in [0.4, 0.5) is 0 Å². The predicted octanol–water partition coefficient (Wildman–Crippen LogP) is 0.104. The molecule has 0 spiro atoms. The first kappa shape index (κ1) is 11.9. The topological polar surface area (TPSA) is 41.9 Å². The number of aliphatic hydroxyl groups excluding tert-OH is 1. The number of ether oxygens (including phenoxy) is 2. The highest BCUT2D eigenvalue weighted by molar-refractivity contribution is 4.76. The van der Waals surface area contributed by atoms with Gasteiger partial charge in [0.2, 0.25) is 0 Å². The summed E-state index contributed by atoms with van der Waals surface area (Å²) in [5.74, 6) is 0. The molecule has 0 radical (unpaired) electrons. The van der Waals surface area contributed by atoms with Gasteiger partial charge in [0.05, 0.1) is 25.9 Å². The van der Waals surface area contributed by atoms with E-state index in [1.165, 1.54) is 0 Å². The van der Waals surface area contributed by atoms with Crippen LogP contribution in [0.25, 0.3) is 0 Å². The van der Waals surface area contributed by atoms with Crippen molar-refractivity contribution in [3.05, 3.63) is 0 Å². The molecule has 1 aliphatic heterocycles. The van der Waals surface area contributed by atoms with Gasteiger partial charge in [0.25, 0.3) is 0 Å². The third kappa shape index (κ3) is 3.53. The molecule has 0 aliphatic carbocycles. The smallest absolute Gasteiger partial charge is 0.0900 e. The molecule has 0 bridgehead atoms. The van der Waals surface area contributed by atoms with Gasteiger partial charge in [-0.3, -0.25) is 4.90 Å². The van der Waals surface area contributed by atoms with Crippen LogP contribution in [0.1, 0.15) is 13.3 Å². The lowest BCUT2D eigenvalue weighted by atomic mass is 10.1. The molecule has 0 amide bonds. The average Bonchev–Trinajstić information content (AvgIpc) is 2.19. The second-order valence-corrected chi connectivity index (χ2v) is 3.74. The van der Waals surface area contributed by atoms with Crippen LogP contribution < -0.4 is 0 Å². The van der Waals surface area contributed by atoms with Gasteiger partial charge in [-0.1, -0.05) is 6.92 Å². The van der Waals surface area contributed by atoms with Crippen molar-refractivity contribution in [1.82, 2.24) is 4.90 Å². The van der Waals surface area contributed by atoms with Crippen LogP contribution in [-0.2, 0) is 9.47 Å². The summed E-state index contributed by atoms with van der Waals surface area (Å²) in [6.45, 7) is 5.73. The third-order valence-corrected chi connectivity index (χ3v) is 2.63. The Hall–Kier alpha value is -0.160. The fourth-order valence-electron chi connectivity index (χ4n) is 1.82. The van der Waals surface area contributed by atoms with Crippen LogP contribution in [0.3, 0.4) is 0 Å². The molecule has 0 aromatic carbocycles. The van der Waals surface area contributed by atoms with Crippen molar-refractivity contribution < 1.29 is 14.6 Å². The van der Waals surface area contributed by atoms with Crippen molar-refractivity contribution >= 4 is 0 Å². The summed E-state index contributed by atoms with van der Waals surface area (Å²) in [6, 6.07) is 0.454. The Bertz CT molecular complexity index is 154. The Balaban J connectivity index is 2.32. The van der Waals surface area contributed by atoms with Gasteiger partial charge in [-0.25, -0.2) is 0 Å². The maximum atomic E-state index is 9.61. The van der Waals surface area contributed by atoms with Crippen molar-refractivity contribution in [2.24, 2.45) is 0 Å². The van der Waals surface area contributed by atoms with Gasteiger partial charge in [-0.2, -0.15) is 0 Å². The molecule has 2 unspecified atom stereocenters. The Labute approximate surface area is 85.8 Å². The molecule has 0 saturated carbocycles. The molecule has 1 N–H and O–H groups in total. The predicted molar refractivity (Wildman–Crippen MR) is 54.4 cm³/mol. The maximum absolute atomic E-state index is 9.61. The number of β-amino-alcohol motifs (C(OH)–C–C–N with tert-alkyl or cyclic N) is 1. The molecule has 1 saturated heterocycles. The van der Waals surface area contributed by atoms with Crippen molar-refractivity contribution in [3.8, 4) is 0 Å². The molecular weight excluding hydrogens is 182 g/mol. The fourth-order valence-corrected chi connectivity index (χ4v) is 1.82. The first-order valence-corrected chi connectivity index (χ1v) is 5.26. The van der Waals surface area contributed by atoms with Crippen LogP contribution in [0.15, 0.2) is 0 Å². The SMILES string of the molecule is CCC1COCCN1CC(O)COC. The average molecular weight is 203 g/mol. The summed E-state index contributed by atoms with van der Waals surface area (Å²) in [6.07, 6.45) is 0.687. The van der Waals surface area contributed by atoms with E-state index < -0.39 is 0 Å². The molecule has 2 atom stereocenters. The quantitative estimate of drug-likeness (QED) is 0.688. The number of methoxy groups -OCH3 is 1. The minimum absolute atomic E-state index is 0.382. The lowest BCUT2D eigenvalue weighted by Gasteiger charge is -2.36. The lowest BCUT2D eigenvalue weighted by molar-refractivity contribution is -0.0388. The van der Waals surface area contributed by atoms with Crippen molar-refractivity contribution in [3.63, 3.8) is 0 Å². The monoisotopic (exact) mass is 203 g/mol. The second kappa shape index (κ2) is 6.35. The van der Waals surface area contributed by atoms with E-state index in [1.54, 1.807) is 7.11 Å². The summed E-state index contributed by atoms with van der Waals surface area (Å²) in [5, 5.41) is 9.61. The molecule has 4 heteroatoms. The van der Waals surface area contributed by atoms with E-state index in [-0.39, 0.29) is 6.10 Å². The molecule has 1 rings (SSSR count). The molecule has 4 nitrogen and oxygen atoms in total. The van der Waals surface area contributed by atoms with Crippen molar-refractivity contribution in [2.75, 3.05) is 40.0 Å². The maximum Gasteiger partial charge on any atom is 0.0900 e. The summed E-state index contributed by atoms with van der Waals surface area (Å²) in [4.78, 5) is 2.28. The minimum atomic E-state index is -0.382. The van der Waals surface area contributed by atoms with E-state index in [0.29, 0.717) is 19.2 Å². The van der Waals surface area contributed by atoms with Crippen molar-refractivity contribution in [2.45, 2.75) is 25.5 Å². The number of hydrogen-bond acceptors (Lipinski definition) is 4. The lowest BCUT2D eigenvalue weighted by Crippen LogP contribution is -2.48. The van der Waals surface area contributed by atoms with E-state index in [2.05, 4.69) is 11.8 Å². The first-order chi connectivity index (χ1) is 6.77.